The normalized spacial score (nSPS) is 11.6. The Hall–Kier alpha value is -7.51. The molecule has 6 aromatic carbocycles. The van der Waals surface area contributed by atoms with Crippen LogP contribution in [0.15, 0.2) is 207 Å². The molecule has 12 aromatic rings. The van der Waals surface area contributed by atoms with E-state index in [4.69, 9.17) is 9.97 Å². The lowest BCUT2D eigenvalue weighted by Crippen LogP contribution is -2.00. The van der Waals surface area contributed by atoms with Gasteiger partial charge in [0.1, 0.15) is 0 Å². The SMILES string of the molecule is c1ccc(-n2c(-c3cc(-c4ccccc4-c4ccccn4)c4sc5ccccc5c4c3)ccc2-c2cc(-c3ccccc3-c3ccccn3)cc3c2sc2ccncc23)cc1. The molecule has 0 spiro atoms. The van der Waals surface area contributed by atoms with Crippen LogP contribution >= 0.6 is 22.7 Å². The maximum absolute atomic E-state index is 4.81. The molecule has 0 amide bonds. The highest BCUT2D eigenvalue weighted by molar-refractivity contribution is 7.26. The third kappa shape index (κ3) is 5.99. The summed E-state index contributed by atoms with van der Waals surface area (Å²) in [6.07, 6.45) is 7.65. The first kappa shape index (κ1) is 35.4. The summed E-state index contributed by atoms with van der Waals surface area (Å²) in [6.45, 7) is 0. The molecular weight excluding hydrogens is 781 g/mol. The zero-order valence-electron chi connectivity index (χ0n) is 32.7. The summed E-state index contributed by atoms with van der Waals surface area (Å²) in [4.78, 5) is 14.2. The number of hydrogen-bond donors (Lipinski definition) is 0. The Balaban J connectivity index is 1.15. The Morgan fingerprint density at radius 2 is 0.934 bits per heavy atom. The zero-order chi connectivity index (χ0) is 40.3. The van der Waals surface area contributed by atoms with E-state index in [1.54, 1.807) is 0 Å². The van der Waals surface area contributed by atoms with E-state index in [0.29, 0.717) is 0 Å². The van der Waals surface area contributed by atoms with Gasteiger partial charge in [-0.15, -0.1) is 22.7 Å². The molecule has 6 heteroatoms. The summed E-state index contributed by atoms with van der Waals surface area (Å²) in [5.41, 5.74) is 14.4. The predicted molar refractivity (Wildman–Crippen MR) is 258 cm³/mol. The maximum atomic E-state index is 4.81. The molecule has 0 atom stereocenters. The van der Waals surface area contributed by atoms with Crippen molar-refractivity contribution in [2.45, 2.75) is 0 Å². The smallest absolute Gasteiger partial charge is 0.0708 e. The van der Waals surface area contributed by atoms with E-state index in [0.717, 1.165) is 67.2 Å². The Morgan fingerprint density at radius 3 is 1.69 bits per heavy atom. The molecule has 4 nitrogen and oxygen atoms in total. The molecule has 0 aliphatic carbocycles. The van der Waals surface area contributed by atoms with Crippen molar-refractivity contribution in [3.63, 3.8) is 0 Å². The number of aromatic nitrogens is 4. The van der Waals surface area contributed by atoms with Crippen molar-refractivity contribution in [1.82, 2.24) is 19.5 Å². The molecule has 0 bridgehead atoms. The Labute approximate surface area is 360 Å². The fraction of sp³-hybridized carbons (Fsp3) is 0. The van der Waals surface area contributed by atoms with Crippen molar-refractivity contribution < 1.29 is 0 Å². The van der Waals surface area contributed by atoms with E-state index in [1.807, 2.05) is 59.6 Å². The van der Waals surface area contributed by atoms with Gasteiger partial charge in [0, 0.05) is 93.1 Å². The molecular formula is C55H34N4S2. The number of nitrogens with zero attached hydrogens (tertiary/aromatic N) is 4. The second kappa shape index (κ2) is 14.6. The molecule has 0 saturated carbocycles. The third-order valence-electron chi connectivity index (χ3n) is 11.7. The van der Waals surface area contributed by atoms with Crippen molar-refractivity contribution >= 4 is 63.0 Å². The van der Waals surface area contributed by atoms with Crippen molar-refractivity contribution in [1.29, 1.82) is 0 Å². The molecule has 286 valence electrons. The molecule has 0 unspecified atom stereocenters. The van der Waals surface area contributed by atoms with Crippen LogP contribution in [0.2, 0.25) is 0 Å². The van der Waals surface area contributed by atoms with Gasteiger partial charge in [0.2, 0.25) is 0 Å². The second-order valence-electron chi connectivity index (χ2n) is 15.2. The van der Waals surface area contributed by atoms with Crippen LogP contribution in [-0.4, -0.2) is 19.5 Å². The Morgan fingerprint density at radius 1 is 0.361 bits per heavy atom. The topological polar surface area (TPSA) is 43.6 Å². The average Bonchev–Trinajstić information content (AvgIpc) is 4.06. The number of rotatable bonds is 7. The van der Waals surface area contributed by atoms with Gasteiger partial charge in [-0.25, -0.2) is 0 Å². The minimum atomic E-state index is 0.948. The van der Waals surface area contributed by atoms with Crippen LogP contribution in [-0.2, 0) is 0 Å². The van der Waals surface area contributed by atoms with Gasteiger partial charge in [0.05, 0.1) is 22.8 Å². The highest BCUT2D eigenvalue weighted by atomic mass is 32.1. The first-order valence-electron chi connectivity index (χ1n) is 20.3. The Bertz CT molecular complexity index is 3590. The van der Waals surface area contributed by atoms with Gasteiger partial charge >= 0.3 is 0 Å². The van der Waals surface area contributed by atoms with Crippen molar-refractivity contribution in [3.05, 3.63) is 207 Å². The molecule has 0 aliphatic rings. The van der Waals surface area contributed by atoms with Gasteiger partial charge in [-0.1, -0.05) is 97.1 Å². The van der Waals surface area contributed by atoms with Gasteiger partial charge in [-0.3, -0.25) is 15.0 Å². The van der Waals surface area contributed by atoms with Crippen molar-refractivity contribution in [2.24, 2.45) is 0 Å². The van der Waals surface area contributed by atoms with E-state index in [9.17, 15) is 0 Å². The summed E-state index contributed by atoms with van der Waals surface area (Å²) in [7, 11) is 0. The monoisotopic (exact) mass is 814 g/mol. The largest absolute Gasteiger partial charge is 0.309 e. The summed E-state index contributed by atoms with van der Waals surface area (Å²) in [5.74, 6) is 0. The van der Waals surface area contributed by atoms with Crippen LogP contribution in [0, 0.1) is 0 Å². The molecule has 6 aromatic heterocycles. The number of fused-ring (bicyclic) bond motifs is 6. The lowest BCUT2D eigenvalue weighted by molar-refractivity contribution is 1.10. The van der Waals surface area contributed by atoms with E-state index in [-0.39, 0.29) is 0 Å². The van der Waals surface area contributed by atoms with Gasteiger partial charge in [0.25, 0.3) is 0 Å². The fourth-order valence-electron chi connectivity index (χ4n) is 8.91. The van der Waals surface area contributed by atoms with Gasteiger partial charge in [-0.05, 0) is 107 Å². The van der Waals surface area contributed by atoms with Crippen LogP contribution in [0.3, 0.4) is 0 Å². The van der Waals surface area contributed by atoms with Gasteiger partial charge in [-0.2, -0.15) is 0 Å². The van der Waals surface area contributed by atoms with Gasteiger partial charge < -0.3 is 4.57 Å². The zero-order valence-corrected chi connectivity index (χ0v) is 34.4. The summed E-state index contributed by atoms with van der Waals surface area (Å²) >= 11 is 3.69. The maximum Gasteiger partial charge on any atom is 0.0708 e. The minimum absolute atomic E-state index is 0.948. The molecule has 0 N–H and O–H groups in total. The Kier molecular flexibility index (Phi) is 8.51. The van der Waals surface area contributed by atoms with Crippen LogP contribution in [0.5, 0.6) is 0 Å². The lowest BCUT2D eigenvalue weighted by Gasteiger charge is -2.18. The number of thiophene rings is 2. The number of pyridine rings is 3. The number of benzene rings is 6. The first-order chi connectivity index (χ1) is 30.3. The van der Waals surface area contributed by atoms with Crippen LogP contribution in [0.25, 0.3) is 113 Å². The highest BCUT2D eigenvalue weighted by Crippen LogP contribution is 2.48. The molecule has 61 heavy (non-hydrogen) atoms. The highest BCUT2D eigenvalue weighted by Gasteiger charge is 2.23. The summed E-state index contributed by atoms with van der Waals surface area (Å²) in [6, 6.07) is 65.4. The molecule has 0 fully saturated rings. The van der Waals surface area contributed by atoms with E-state index in [1.165, 1.54) is 46.1 Å². The summed E-state index contributed by atoms with van der Waals surface area (Å²) < 4.78 is 7.44. The molecule has 6 heterocycles. The standard InChI is InChI=1S/C55H34N4S2/c1-2-14-37(15-3-1)59-50(36-32-43(54-44(33-36)42-20-8-9-23-52(42)60-54)39-17-5-7-19-41(39)49-22-11-13-28-58-49)24-25-51(59)46-31-35(30-45-47-34-56-29-26-53(47)61-55(45)46)38-16-4-6-18-40(38)48-21-10-12-27-57-48/h1-34H. The summed E-state index contributed by atoms with van der Waals surface area (Å²) in [5, 5.41) is 4.86. The van der Waals surface area contributed by atoms with Crippen LogP contribution < -0.4 is 0 Å². The third-order valence-corrected chi connectivity index (χ3v) is 14.1. The van der Waals surface area contributed by atoms with Crippen LogP contribution in [0.1, 0.15) is 0 Å². The van der Waals surface area contributed by atoms with Crippen molar-refractivity contribution in [3.8, 4) is 73.0 Å². The molecule has 0 radical (unpaired) electrons. The lowest BCUT2D eigenvalue weighted by atomic mass is 9.93. The molecule has 0 aliphatic heterocycles. The van der Waals surface area contributed by atoms with Crippen LogP contribution in [0.4, 0.5) is 0 Å². The predicted octanol–water partition coefficient (Wildman–Crippen LogP) is 15.4. The quantitative estimate of drug-likeness (QED) is 0.161. The minimum Gasteiger partial charge on any atom is -0.309 e. The van der Waals surface area contributed by atoms with Gasteiger partial charge in [0.15, 0.2) is 0 Å². The number of para-hydroxylation sites is 1. The van der Waals surface area contributed by atoms with Crippen molar-refractivity contribution in [2.75, 3.05) is 0 Å². The first-order valence-corrected chi connectivity index (χ1v) is 22.0. The average molecular weight is 815 g/mol. The molecule has 12 rings (SSSR count). The van der Waals surface area contributed by atoms with E-state index >= 15 is 0 Å². The fourth-order valence-corrected chi connectivity index (χ4v) is 11.3. The number of hydrogen-bond acceptors (Lipinski definition) is 5. The van der Waals surface area contributed by atoms with E-state index < -0.39 is 0 Å². The second-order valence-corrected chi connectivity index (χ2v) is 17.3. The van der Waals surface area contributed by atoms with E-state index in [2.05, 4.69) is 179 Å². The molecule has 0 saturated heterocycles.